The summed E-state index contributed by atoms with van der Waals surface area (Å²) in [5, 5.41) is 6.86. The molecule has 1 aromatic rings. The first-order valence-electron chi connectivity index (χ1n) is 11.1. The number of aliphatic imine (C=N–C) groups is 1. The van der Waals surface area contributed by atoms with Crippen LogP contribution in [0.2, 0.25) is 0 Å². The van der Waals surface area contributed by atoms with E-state index in [1.807, 2.05) is 12.3 Å². The predicted molar refractivity (Wildman–Crippen MR) is 124 cm³/mol. The van der Waals surface area contributed by atoms with E-state index in [9.17, 15) is 0 Å². The summed E-state index contributed by atoms with van der Waals surface area (Å²) in [6.45, 7) is 18.6. The van der Waals surface area contributed by atoms with Gasteiger partial charge in [0.2, 0.25) is 0 Å². The van der Waals surface area contributed by atoms with Crippen LogP contribution < -0.4 is 15.5 Å². The molecule has 0 bridgehead atoms. The molecule has 2 rings (SSSR count). The summed E-state index contributed by atoms with van der Waals surface area (Å²) >= 11 is 0. The highest BCUT2D eigenvalue weighted by Crippen LogP contribution is 2.19. The number of rotatable bonds is 9. The van der Waals surface area contributed by atoms with Gasteiger partial charge in [0.05, 0.1) is 6.54 Å². The Labute approximate surface area is 177 Å². The number of nitrogens with one attached hydrogen (secondary N) is 2. The summed E-state index contributed by atoms with van der Waals surface area (Å²) in [6, 6.07) is 5.23. The average molecular weight is 404 g/mol. The molecule has 7 nitrogen and oxygen atoms in total. The van der Waals surface area contributed by atoms with Crippen molar-refractivity contribution in [1.82, 2.24) is 25.4 Å². The van der Waals surface area contributed by atoms with Gasteiger partial charge in [-0.3, -0.25) is 4.90 Å². The molecule has 1 fully saturated rings. The summed E-state index contributed by atoms with van der Waals surface area (Å²) in [4.78, 5) is 16.7. The number of hydrogen-bond acceptors (Lipinski definition) is 5. The van der Waals surface area contributed by atoms with E-state index < -0.39 is 0 Å². The second-order valence-electron chi connectivity index (χ2n) is 8.32. The van der Waals surface area contributed by atoms with Gasteiger partial charge in [-0.25, -0.2) is 9.98 Å². The second-order valence-corrected chi connectivity index (χ2v) is 8.32. The van der Waals surface area contributed by atoms with Crippen molar-refractivity contribution in [2.24, 2.45) is 4.99 Å². The number of likely N-dealkylation sites (N-methyl/N-ethyl adjacent to an activating group) is 1. The molecule has 0 radical (unpaired) electrons. The third-order valence-electron chi connectivity index (χ3n) is 5.41. The topological polar surface area (TPSA) is 59.0 Å². The summed E-state index contributed by atoms with van der Waals surface area (Å²) < 4.78 is 0. The number of hydrogen-bond donors (Lipinski definition) is 2. The maximum absolute atomic E-state index is 4.84. The molecule has 0 aliphatic carbocycles. The van der Waals surface area contributed by atoms with E-state index in [0.29, 0.717) is 18.6 Å². The van der Waals surface area contributed by atoms with Crippen LogP contribution in [0.1, 0.15) is 40.2 Å². The molecule has 0 atom stereocenters. The predicted octanol–water partition coefficient (Wildman–Crippen LogP) is 2.01. The van der Waals surface area contributed by atoms with Gasteiger partial charge >= 0.3 is 0 Å². The Morgan fingerprint density at radius 1 is 1.14 bits per heavy atom. The standard InChI is InChI=1S/C22H41N7/c1-7-23-22(25-11-12-29(18(2)3)19(4)5)26-17-20-9-8-10-24-21(20)28-15-13-27(6)14-16-28/h8-10,18-19H,7,11-17H2,1-6H3,(H2,23,25,26). The van der Waals surface area contributed by atoms with Gasteiger partial charge in [0, 0.05) is 69.7 Å². The number of aromatic nitrogens is 1. The van der Waals surface area contributed by atoms with Gasteiger partial charge in [0.25, 0.3) is 0 Å². The van der Waals surface area contributed by atoms with Crippen LogP contribution in [0, 0.1) is 0 Å². The fourth-order valence-corrected chi connectivity index (χ4v) is 3.78. The Bertz CT molecular complexity index is 613. The molecule has 0 amide bonds. The number of anilines is 1. The van der Waals surface area contributed by atoms with E-state index in [2.05, 4.69) is 78.1 Å². The molecule has 1 saturated heterocycles. The van der Waals surface area contributed by atoms with Crippen LogP contribution in [-0.4, -0.2) is 85.7 Å². The van der Waals surface area contributed by atoms with Crippen LogP contribution >= 0.6 is 0 Å². The van der Waals surface area contributed by atoms with Crippen molar-refractivity contribution < 1.29 is 0 Å². The van der Waals surface area contributed by atoms with Gasteiger partial charge in [-0.15, -0.1) is 0 Å². The van der Waals surface area contributed by atoms with Gasteiger partial charge in [-0.2, -0.15) is 0 Å². The van der Waals surface area contributed by atoms with E-state index in [1.165, 1.54) is 5.56 Å². The summed E-state index contributed by atoms with van der Waals surface area (Å²) in [7, 11) is 2.18. The number of nitrogens with zero attached hydrogens (tertiary/aromatic N) is 5. The van der Waals surface area contributed by atoms with Crippen molar-refractivity contribution in [3.8, 4) is 0 Å². The van der Waals surface area contributed by atoms with Crippen LogP contribution in [0.5, 0.6) is 0 Å². The highest BCUT2D eigenvalue weighted by atomic mass is 15.3. The van der Waals surface area contributed by atoms with Crippen molar-refractivity contribution in [1.29, 1.82) is 0 Å². The Balaban J connectivity index is 1.99. The third kappa shape index (κ3) is 7.48. The lowest BCUT2D eigenvalue weighted by Crippen LogP contribution is -2.45. The van der Waals surface area contributed by atoms with Gasteiger partial charge in [-0.05, 0) is 47.7 Å². The lowest BCUT2D eigenvalue weighted by Gasteiger charge is -2.34. The monoisotopic (exact) mass is 403 g/mol. The molecular formula is C22H41N7. The van der Waals surface area contributed by atoms with Crippen molar-refractivity contribution >= 4 is 11.8 Å². The highest BCUT2D eigenvalue weighted by molar-refractivity contribution is 5.79. The van der Waals surface area contributed by atoms with E-state index in [-0.39, 0.29) is 0 Å². The van der Waals surface area contributed by atoms with Crippen molar-refractivity contribution in [2.45, 2.75) is 53.2 Å². The molecule has 0 spiro atoms. The first kappa shape index (κ1) is 23.4. The van der Waals surface area contributed by atoms with E-state index in [1.54, 1.807) is 0 Å². The van der Waals surface area contributed by atoms with Crippen molar-refractivity contribution in [2.75, 3.05) is 57.8 Å². The van der Waals surface area contributed by atoms with Crippen molar-refractivity contribution in [3.63, 3.8) is 0 Å². The zero-order valence-electron chi connectivity index (χ0n) is 19.3. The molecule has 29 heavy (non-hydrogen) atoms. The van der Waals surface area contributed by atoms with Gasteiger partial charge in [0.15, 0.2) is 5.96 Å². The maximum atomic E-state index is 4.84. The fraction of sp³-hybridized carbons (Fsp3) is 0.727. The molecular weight excluding hydrogens is 362 g/mol. The first-order chi connectivity index (χ1) is 13.9. The van der Waals surface area contributed by atoms with Gasteiger partial charge in [0.1, 0.15) is 5.82 Å². The lowest BCUT2D eigenvalue weighted by molar-refractivity contribution is 0.178. The second kappa shape index (κ2) is 12.0. The molecule has 164 valence electrons. The van der Waals surface area contributed by atoms with Crippen LogP contribution in [0.3, 0.4) is 0 Å². The minimum Gasteiger partial charge on any atom is -0.357 e. The minimum absolute atomic E-state index is 0.540. The number of pyridine rings is 1. The van der Waals surface area contributed by atoms with Gasteiger partial charge < -0.3 is 20.4 Å². The normalized spacial score (nSPS) is 16.2. The molecule has 1 aromatic heterocycles. The SMILES string of the molecule is CCNC(=NCc1cccnc1N1CCN(C)CC1)NCCN(C(C)C)C(C)C. The van der Waals surface area contributed by atoms with Crippen LogP contribution in [0.25, 0.3) is 0 Å². The maximum Gasteiger partial charge on any atom is 0.191 e. The molecule has 2 N–H and O–H groups in total. The summed E-state index contributed by atoms with van der Waals surface area (Å²) in [5.74, 6) is 1.94. The molecule has 1 aliphatic heterocycles. The Hall–Kier alpha value is -1.86. The lowest BCUT2D eigenvalue weighted by atomic mass is 10.2. The minimum atomic E-state index is 0.540. The smallest absolute Gasteiger partial charge is 0.191 e. The van der Waals surface area contributed by atoms with E-state index >= 15 is 0 Å². The Morgan fingerprint density at radius 3 is 2.45 bits per heavy atom. The van der Waals surface area contributed by atoms with E-state index in [0.717, 1.165) is 57.6 Å². The molecule has 2 heterocycles. The molecule has 0 unspecified atom stereocenters. The quantitative estimate of drug-likeness (QED) is 0.486. The molecule has 1 aliphatic rings. The Morgan fingerprint density at radius 2 is 1.83 bits per heavy atom. The third-order valence-corrected chi connectivity index (χ3v) is 5.41. The van der Waals surface area contributed by atoms with Crippen LogP contribution in [0.4, 0.5) is 5.82 Å². The largest absolute Gasteiger partial charge is 0.357 e. The summed E-state index contributed by atoms with van der Waals surface area (Å²) in [6.07, 6.45) is 1.89. The number of guanidine groups is 1. The average Bonchev–Trinajstić information content (AvgIpc) is 2.69. The zero-order valence-corrected chi connectivity index (χ0v) is 19.3. The molecule has 0 aromatic carbocycles. The van der Waals surface area contributed by atoms with Crippen LogP contribution in [-0.2, 0) is 6.54 Å². The van der Waals surface area contributed by atoms with E-state index in [4.69, 9.17) is 4.99 Å². The number of piperazine rings is 1. The van der Waals surface area contributed by atoms with Crippen LogP contribution in [0.15, 0.2) is 23.3 Å². The zero-order chi connectivity index (χ0) is 21.2. The molecule has 0 saturated carbocycles. The Kier molecular flexibility index (Phi) is 9.67. The van der Waals surface area contributed by atoms with Crippen molar-refractivity contribution in [3.05, 3.63) is 23.9 Å². The molecule has 7 heteroatoms. The highest BCUT2D eigenvalue weighted by Gasteiger charge is 2.18. The summed E-state index contributed by atoms with van der Waals surface area (Å²) in [5.41, 5.74) is 1.18. The first-order valence-corrected chi connectivity index (χ1v) is 11.1. The fourth-order valence-electron chi connectivity index (χ4n) is 3.78. The van der Waals surface area contributed by atoms with Gasteiger partial charge in [-0.1, -0.05) is 6.07 Å².